The van der Waals surface area contributed by atoms with Crippen LogP contribution in [-0.2, 0) is 11.2 Å². The van der Waals surface area contributed by atoms with Gasteiger partial charge in [-0.05, 0) is 25.9 Å². The number of rotatable bonds is 36. The zero-order chi connectivity index (χ0) is 33.2. The van der Waals surface area contributed by atoms with E-state index in [0.29, 0.717) is 13.0 Å². The number of carbonyl (C=O) groups excluding carboxylic acids is 1. The second kappa shape index (κ2) is 33.5. The van der Waals surface area contributed by atoms with Gasteiger partial charge in [0.05, 0.1) is 12.4 Å². The molecule has 1 amide bonds. The third-order valence-corrected chi connectivity index (χ3v) is 9.71. The van der Waals surface area contributed by atoms with E-state index in [4.69, 9.17) is 5.73 Å². The number of carbonyl (C=O) groups is 1. The van der Waals surface area contributed by atoms with Gasteiger partial charge in [0.2, 0.25) is 5.91 Å². The van der Waals surface area contributed by atoms with E-state index in [9.17, 15) is 4.79 Å². The molecule has 1 rings (SSSR count). The molecule has 0 bridgehead atoms. The smallest absolute Gasteiger partial charge is 0.237 e. The number of nitrogens with zero attached hydrogens (tertiary/aromatic N) is 2. The fraction of sp³-hybridized carbons (Fsp3) is 0.900. The third kappa shape index (κ3) is 27.7. The third-order valence-electron chi connectivity index (χ3n) is 9.71. The van der Waals surface area contributed by atoms with Crippen molar-refractivity contribution in [3.05, 3.63) is 18.2 Å². The summed E-state index contributed by atoms with van der Waals surface area (Å²) in [5, 5.41) is 3.09. The topological polar surface area (TPSA) is 87.0 Å². The van der Waals surface area contributed by atoms with Crippen LogP contribution in [0.4, 0.5) is 0 Å². The molecule has 0 spiro atoms. The fourth-order valence-corrected chi connectivity index (χ4v) is 6.59. The molecule has 6 nitrogen and oxygen atoms in total. The van der Waals surface area contributed by atoms with Crippen molar-refractivity contribution in [2.45, 2.75) is 206 Å². The molecule has 4 N–H and O–H groups in total. The predicted molar refractivity (Wildman–Crippen MR) is 200 cm³/mol. The van der Waals surface area contributed by atoms with Crippen LogP contribution in [0.5, 0.6) is 0 Å². The van der Waals surface area contributed by atoms with E-state index < -0.39 is 6.04 Å². The van der Waals surface area contributed by atoms with E-state index in [1.54, 1.807) is 12.5 Å². The Labute approximate surface area is 286 Å². The Kier molecular flexibility index (Phi) is 31.0. The Balaban J connectivity index is 2.16. The lowest BCUT2D eigenvalue weighted by atomic mass is 10.0. The van der Waals surface area contributed by atoms with Gasteiger partial charge < -0.3 is 20.9 Å². The van der Waals surface area contributed by atoms with Crippen LogP contribution in [0.2, 0.25) is 0 Å². The SMILES string of the molecule is CCCCCCCCCCCCCCCCN(CCCCCCCCCCCCCCCC)CCNC(=O)C(N)Cc1cnc[nH]1. The van der Waals surface area contributed by atoms with Crippen molar-refractivity contribution in [2.24, 2.45) is 5.73 Å². The number of hydrogen-bond donors (Lipinski definition) is 3. The Morgan fingerprint density at radius 2 is 1.00 bits per heavy atom. The lowest BCUT2D eigenvalue weighted by Crippen LogP contribution is -2.45. The highest BCUT2D eigenvalue weighted by Crippen LogP contribution is 2.15. The molecule has 1 aromatic heterocycles. The Hall–Kier alpha value is -1.40. The van der Waals surface area contributed by atoms with E-state index in [0.717, 1.165) is 25.3 Å². The first kappa shape index (κ1) is 42.6. The second-order valence-electron chi connectivity index (χ2n) is 14.2. The highest BCUT2D eigenvalue weighted by molar-refractivity contribution is 5.81. The average molecular weight is 646 g/mol. The molecule has 0 saturated carbocycles. The minimum absolute atomic E-state index is 0.0671. The summed E-state index contributed by atoms with van der Waals surface area (Å²) >= 11 is 0. The van der Waals surface area contributed by atoms with Crippen molar-refractivity contribution in [1.29, 1.82) is 0 Å². The summed E-state index contributed by atoms with van der Waals surface area (Å²) in [6, 6.07) is -0.537. The van der Waals surface area contributed by atoms with Crippen LogP contribution in [-0.4, -0.2) is 53.0 Å². The second-order valence-corrected chi connectivity index (χ2v) is 14.2. The normalized spacial score (nSPS) is 12.3. The summed E-state index contributed by atoms with van der Waals surface area (Å²) in [6.45, 7) is 8.47. The van der Waals surface area contributed by atoms with Gasteiger partial charge in [-0.3, -0.25) is 4.79 Å². The summed E-state index contributed by atoms with van der Waals surface area (Å²) in [5.74, 6) is -0.0671. The maximum atomic E-state index is 12.6. The number of amides is 1. The van der Waals surface area contributed by atoms with Crippen LogP contribution in [0.25, 0.3) is 0 Å². The van der Waals surface area contributed by atoms with E-state index in [1.165, 1.54) is 180 Å². The largest absolute Gasteiger partial charge is 0.353 e. The number of nitrogens with two attached hydrogens (primary N) is 1. The van der Waals surface area contributed by atoms with Crippen LogP contribution in [0.3, 0.4) is 0 Å². The monoisotopic (exact) mass is 646 g/mol. The minimum Gasteiger partial charge on any atom is -0.353 e. The maximum absolute atomic E-state index is 12.6. The fourth-order valence-electron chi connectivity index (χ4n) is 6.59. The van der Waals surface area contributed by atoms with Gasteiger partial charge in [0, 0.05) is 31.4 Å². The van der Waals surface area contributed by atoms with Crippen LogP contribution < -0.4 is 11.1 Å². The zero-order valence-electron chi connectivity index (χ0n) is 30.9. The molecule has 0 aliphatic rings. The number of aromatic amines is 1. The molecule has 0 saturated heterocycles. The molecular weight excluding hydrogens is 566 g/mol. The zero-order valence-corrected chi connectivity index (χ0v) is 30.9. The van der Waals surface area contributed by atoms with E-state index in [2.05, 4.69) is 34.0 Å². The van der Waals surface area contributed by atoms with Crippen molar-refractivity contribution >= 4 is 5.91 Å². The van der Waals surface area contributed by atoms with Gasteiger partial charge in [0.25, 0.3) is 0 Å². The van der Waals surface area contributed by atoms with Crippen molar-refractivity contribution in [2.75, 3.05) is 26.2 Å². The molecule has 1 heterocycles. The van der Waals surface area contributed by atoms with Gasteiger partial charge in [0.1, 0.15) is 0 Å². The van der Waals surface area contributed by atoms with Gasteiger partial charge >= 0.3 is 0 Å². The van der Waals surface area contributed by atoms with Crippen LogP contribution >= 0.6 is 0 Å². The summed E-state index contributed by atoms with van der Waals surface area (Å²) in [6.07, 6.45) is 43.0. The molecule has 46 heavy (non-hydrogen) atoms. The summed E-state index contributed by atoms with van der Waals surface area (Å²) < 4.78 is 0. The molecule has 0 fully saturated rings. The molecule has 0 radical (unpaired) electrons. The molecule has 0 aromatic carbocycles. The van der Waals surface area contributed by atoms with Gasteiger partial charge in [-0.25, -0.2) is 4.98 Å². The maximum Gasteiger partial charge on any atom is 0.237 e. The lowest BCUT2D eigenvalue weighted by Gasteiger charge is -2.23. The molecule has 0 aliphatic heterocycles. The van der Waals surface area contributed by atoms with Crippen LogP contribution in [0, 0.1) is 0 Å². The summed E-state index contributed by atoms with van der Waals surface area (Å²) in [4.78, 5) is 22.2. The van der Waals surface area contributed by atoms with Crippen LogP contribution in [0.15, 0.2) is 12.5 Å². The molecule has 1 aromatic rings. The van der Waals surface area contributed by atoms with Crippen LogP contribution in [0.1, 0.15) is 199 Å². The van der Waals surface area contributed by atoms with Gasteiger partial charge in [-0.2, -0.15) is 0 Å². The first-order valence-corrected chi connectivity index (χ1v) is 20.4. The van der Waals surface area contributed by atoms with Gasteiger partial charge in [-0.1, -0.05) is 181 Å². The highest BCUT2D eigenvalue weighted by atomic mass is 16.2. The molecule has 1 atom stereocenters. The van der Waals surface area contributed by atoms with Crippen molar-refractivity contribution in [1.82, 2.24) is 20.2 Å². The van der Waals surface area contributed by atoms with Crippen molar-refractivity contribution in [3.8, 4) is 0 Å². The minimum atomic E-state index is -0.537. The molecule has 6 heteroatoms. The number of imidazole rings is 1. The number of aromatic nitrogens is 2. The Bertz CT molecular complexity index is 708. The molecule has 270 valence electrons. The average Bonchev–Trinajstić information content (AvgIpc) is 3.57. The van der Waals surface area contributed by atoms with Crippen molar-refractivity contribution < 1.29 is 4.79 Å². The number of hydrogen-bond acceptors (Lipinski definition) is 4. The van der Waals surface area contributed by atoms with Gasteiger partial charge in [-0.15, -0.1) is 0 Å². The molecule has 0 aliphatic carbocycles. The molecule has 1 unspecified atom stereocenters. The Morgan fingerprint density at radius 1 is 0.630 bits per heavy atom. The summed E-state index contributed by atoms with van der Waals surface area (Å²) in [5.41, 5.74) is 7.04. The predicted octanol–water partition coefficient (Wildman–Crippen LogP) is 10.7. The van der Waals surface area contributed by atoms with Crippen molar-refractivity contribution in [3.63, 3.8) is 0 Å². The first-order chi connectivity index (χ1) is 22.7. The number of unbranched alkanes of at least 4 members (excludes halogenated alkanes) is 26. The number of H-pyrrole nitrogens is 1. The highest BCUT2D eigenvalue weighted by Gasteiger charge is 2.15. The van der Waals surface area contributed by atoms with E-state index in [1.807, 2.05) is 0 Å². The Morgan fingerprint density at radius 3 is 1.35 bits per heavy atom. The first-order valence-electron chi connectivity index (χ1n) is 20.4. The van der Waals surface area contributed by atoms with Gasteiger partial charge in [0.15, 0.2) is 0 Å². The number of nitrogens with one attached hydrogen (secondary N) is 2. The molecular formula is C40H79N5O. The lowest BCUT2D eigenvalue weighted by molar-refractivity contribution is -0.122. The van der Waals surface area contributed by atoms with E-state index >= 15 is 0 Å². The summed E-state index contributed by atoms with van der Waals surface area (Å²) in [7, 11) is 0. The standard InChI is InChI=1S/C40H79N5O/c1-3-5-7-9-11-13-15-17-19-21-23-25-27-29-32-45(34-31-43-40(46)39(41)35-38-36-42-37-44-38)33-30-28-26-24-22-20-18-16-14-12-10-8-6-4-2/h36-37,39H,3-35,41H2,1-2H3,(H,42,44)(H,43,46). The van der Waals surface area contributed by atoms with E-state index in [-0.39, 0.29) is 5.91 Å². The quantitative estimate of drug-likeness (QED) is 0.0634.